The number of hydrogen-bond acceptors (Lipinski definition) is 3. The van der Waals surface area contributed by atoms with Crippen molar-refractivity contribution in [3.05, 3.63) is 42.2 Å². The van der Waals surface area contributed by atoms with E-state index in [9.17, 15) is 8.42 Å². The largest absolute Gasteiger partial charge is 0.246 e. The van der Waals surface area contributed by atoms with Gasteiger partial charge < -0.3 is 0 Å². The molecule has 0 amide bonds. The van der Waals surface area contributed by atoms with Gasteiger partial charge in [-0.05, 0) is 31.9 Å². The van der Waals surface area contributed by atoms with Gasteiger partial charge in [0.25, 0.3) is 0 Å². The SMILES string of the molecule is Cc1nn(-c2ccccc2)cc1S(=O)(=O)N1CCCC1. The van der Waals surface area contributed by atoms with E-state index in [4.69, 9.17) is 0 Å². The third-order valence-electron chi connectivity index (χ3n) is 3.56. The zero-order valence-corrected chi connectivity index (χ0v) is 12.2. The minimum absolute atomic E-state index is 0.309. The average molecular weight is 291 g/mol. The van der Waals surface area contributed by atoms with E-state index in [1.807, 2.05) is 30.3 Å². The molecule has 0 bridgehead atoms. The smallest absolute Gasteiger partial charge is 0.239 e. The molecule has 1 aliphatic rings. The predicted molar refractivity (Wildman–Crippen MR) is 76.3 cm³/mol. The molecular formula is C14H17N3O2S. The highest BCUT2D eigenvalue weighted by molar-refractivity contribution is 7.89. The van der Waals surface area contributed by atoms with Gasteiger partial charge in [0, 0.05) is 13.1 Å². The van der Waals surface area contributed by atoms with Gasteiger partial charge in [0.1, 0.15) is 4.90 Å². The van der Waals surface area contributed by atoms with E-state index in [1.165, 1.54) is 0 Å². The van der Waals surface area contributed by atoms with Crippen LogP contribution in [0, 0.1) is 6.92 Å². The van der Waals surface area contributed by atoms with Crippen LogP contribution >= 0.6 is 0 Å². The topological polar surface area (TPSA) is 55.2 Å². The molecule has 6 heteroatoms. The summed E-state index contributed by atoms with van der Waals surface area (Å²) in [6.45, 7) is 2.96. The van der Waals surface area contributed by atoms with Crippen LogP contribution < -0.4 is 0 Å². The summed E-state index contributed by atoms with van der Waals surface area (Å²) >= 11 is 0. The van der Waals surface area contributed by atoms with E-state index in [1.54, 1.807) is 22.1 Å². The third kappa shape index (κ3) is 2.25. The van der Waals surface area contributed by atoms with Gasteiger partial charge in [-0.1, -0.05) is 18.2 Å². The molecule has 3 rings (SSSR count). The van der Waals surface area contributed by atoms with Crippen LogP contribution in [0.15, 0.2) is 41.4 Å². The van der Waals surface area contributed by atoms with Gasteiger partial charge in [-0.2, -0.15) is 9.40 Å². The molecule has 0 aliphatic carbocycles. The Labute approximate surface area is 118 Å². The number of sulfonamides is 1. The molecule has 5 nitrogen and oxygen atoms in total. The van der Waals surface area contributed by atoms with Gasteiger partial charge >= 0.3 is 0 Å². The molecule has 106 valence electrons. The van der Waals surface area contributed by atoms with Gasteiger partial charge in [0.15, 0.2) is 0 Å². The van der Waals surface area contributed by atoms with Crippen LogP contribution in [0.1, 0.15) is 18.5 Å². The van der Waals surface area contributed by atoms with Crippen LogP contribution in [-0.4, -0.2) is 35.6 Å². The van der Waals surface area contributed by atoms with Crippen LogP contribution in [0.25, 0.3) is 5.69 Å². The Morgan fingerprint density at radius 2 is 1.75 bits per heavy atom. The molecule has 0 radical (unpaired) electrons. The fourth-order valence-electron chi connectivity index (χ4n) is 2.48. The average Bonchev–Trinajstić information content (AvgIpc) is 3.09. The number of aryl methyl sites for hydroxylation is 1. The van der Waals surface area contributed by atoms with Crippen LogP contribution in [0.4, 0.5) is 0 Å². The lowest BCUT2D eigenvalue weighted by Crippen LogP contribution is -2.28. The highest BCUT2D eigenvalue weighted by atomic mass is 32.2. The molecule has 0 saturated carbocycles. The second kappa shape index (κ2) is 5.03. The third-order valence-corrected chi connectivity index (χ3v) is 5.56. The van der Waals surface area contributed by atoms with E-state index in [-0.39, 0.29) is 0 Å². The van der Waals surface area contributed by atoms with Crippen molar-refractivity contribution >= 4 is 10.0 Å². The van der Waals surface area contributed by atoms with E-state index < -0.39 is 10.0 Å². The Kier molecular flexibility index (Phi) is 3.35. The summed E-state index contributed by atoms with van der Waals surface area (Å²) in [6, 6.07) is 9.53. The van der Waals surface area contributed by atoms with Crippen LogP contribution in [0.2, 0.25) is 0 Å². The van der Waals surface area contributed by atoms with Gasteiger partial charge in [-0.3, -0.25) is 0 Å². The van der Waals surface area contributed by atoms with Crippen molar-refractivity contribution in [2.24, 2.45) is 0 Å². The first-order chi connectivity index (χ1) is 9.59. The van der Waals surface area contributed by atoms with Gasteiger partial charge in [0.05, 0.1) is 17.6 Å². The standard InChI is InChI=1S/C14H17N3O2S/c1-12-14(20(18,19)16-9-5-6-10-16)11-17(15-12)13-7-3-2-4-8-13/h2-4,7-8,11H,5-6,9-10H2,1H3. The normalized spacial score (nSPS) is 16.6. The second-order valence-electron chi connectivity index (χ2n) is 4.97. The minimum atomic E-state index is -3.41. The molecule has 1 aromatic carbocycles. The maximum absolute atomic E-state index is 12.6. The van der Waals surface area contributed by atoms with Crippen molar-refractivity contribution in [2.75, 3.05) is 13.1 Å². The first-order valence-corrected chi connectivity index (χ1v) is 8.15. The van der Waals surface area contributed by atoms with Crippen molar-refractivity contribution in [1.82, 2.24) is 14.1 Å². The molecule has 0 N–H and O–H groups in total. The molecule has 0 unspecified atom stereocenters. The molecule has 2 heterocycles. The van der Waals surface area contributed by atoms with Crippen LogP contribution in [-0.2, 0) is 10.0 Å². The summed E-state index contributed by atoms with van der Waals surface area (Å²) in [4.78, 5) is 0.309. The first-order valence-electron chi connectivity index (χ1n) is 6.71. The highest BCUT2D eigenvalue weighted by Gasteiger charge is 2.30. The summed E-state index contributed by atoms with van der Waals surface area (Å²) < 4.78 is 28.3. The maximum atomic E-state index is 12.6. The molecule has 1 aliphatic heterocycles. The molecule has 2 aromatic rings. The van der Waals surface area contributed by atoms with Gasteiger partial charge in [-0.25, -0.2) is 13.1 Å². The Hall–Kier alpha value is -1.66. The quantitative estimate of drug-likeness (QED) is 0.868. The number of hydrogen-bond donors (Lipinski definition) is 0. The number of nitrogens with zero attached hydrogens (tertiary/aromatic N) is 3. The molecule has 0 spiro atoms. The monoisotopic (exact) mass is 291 g/mol. The molecule has 1 aromatic heterocycles. The Balaban J connectivity index is 2.01. The number of benzene rings is 1. The number of aromatic nitrogens is 2. The summed E-state index contributed by atoms with van der Waals surface area (Å²) in [5.74, 6) is 0. The van der Waals surface area contributed by atoms with Crippen molar-refractivity contribution in [3.8, 4) is 5.69 Å². The lowest BCUT2D eigenvalue weighted by molar-refractivity contribution is 0.477. The Morgan fingerprint density at radius 1 is 1.10 bits per heavy atom. The maximum Gasteiger partial charge on any atom is 0.246 e. The Bertz CT molecular complexity index is 701. The van der Waals surface area contributed by atoms with Crippen molar-refractivity contribution < 1.29 is 8.42 Å². The summed E-state index contributed by atoms with van der Waals surface area (Å²) in [6.07, 6.45) is 3.48. The van der Waals surface area contributed by atoms with E-state index in [0.717, 1.165) is 18.5 Å². The lowest BCUT2D eigenvalue weighted by atomic mass is 10.3. The van der Waals surface area contributed by atoms with E-state index in [0.29, 0.717) is 23.7 Å². The zero-order valence-electron chi connectivity index (χ0n) is 11.4. The van der Waals surface area contributed by atoms with Crippen molar-refractivity contribution in [1.29, 1.82) is 0 Å². The highest BCUT2D eigenvalue weighted by Crippen LogP contribution is 2.23. The molecule has 1 saturated heterocycles. The summed E-state index contributed by atoms with van der Waals surface area (Å²) in [7, 11) is -3.41. The molecule has 20 heavy (non-hydrogen) atoms. The zero-order chi connectivity index (χ0) is 14.2. The molecular weight excluding hydrogens is 274 g/mol. The molecule has 0 atom stereocenters. The van der Waals surface area contributed by atoms with Gasteiger partial charge in [0.2, 0.25) is 10.0 Å². The fourth-order valence-corrected chi connectivity index (χ4v) is 4.14. The van der Waals surface area contributed by atoms with E-state index in [2.05, 4.69) is 5.10 Å². The predicted octanol–water partition coefficient (Wildman–Crippen LogP) is 1.97. The lowest BCUT2D eigenvalue weighted by Gasteiger charge is -2.14. The number of para-hydroxylation sites is 1. The minimum Gasteiger partial charge on any atom is -0.239 e. The number of rotatable bonds is 3. The van der Waals surface area contributed by atoms with Crippen molar-refractivity contribution in [2.45, 2.75) is 24.7 Å². The van der Waals surface area contributed by atoms with E-state index >= 15 is 0 Å². The Morgan fingerprint density at radius 3 is 2.40 bits per heavy atom. The van der Waals surface area contributed by atoms with Crippen LogP contribution in [0.5, 0.6) is 0 Å². The first kappa shape index (κ1) is 13.3. The molecule has 1 fully saturated rings. The van der Waals surface area contributed by atoms with Crippen molar-refractivity contribution in [3.63, 3.8) is 0 Å². The fraction of sp³-hybridized carbons (Fsp3) is 0.357. The van der Waals surface area contributed by atoms with Gasteiger partial charge in [-0.15, -0.1) is 0 Å². The second-order valence-corrected chi connectivity index (χ2v) is 6.88. The summed E-state index contributed by atoms with van der Waals surface area (Å²) in [5.41, 5.74) is 1.40. The van der Waals surface area contributed by atoms with Crippen LogP contribution in [0.3, 0.4) is 0 Å². The summed E-state index contributed by atoms with van der Waals surface area (Å²) in [5, 5.41) is 4.33.